The molecular formula is C22H18FN5O2S. The Balaban J connectivity index is 1.49. The SMILES string of the molecule is O=C(c1csc2c(=O)[nH]c(-c3ccccn3)nc12)N1CCNC(c2ccccc2F)C1. The van der Waals surface area contributed by atoms with Crippen LogP contribution in [0.4, 0.5) is 4.39 Å². The molecule has 2 N–H and O–H groups in total. The van der Waals surface area contributed by atoms with Crippen molar-refractivity contribution in [2.45, 2.75) is 6.04 Å². The Labute approximate surface area is 180 Å². The predicted molar refractivity (Wildman–Crippen MR) is 117 cm³/mol. The summed E-state index contributed by atoms with van der Waals surface area (Å²) in [7, 11) is 0. The van der Waals surface area contributed by atoms with Gasteiger partial charge in [0.2, 0.25) is 0 Å². The minimum absolute atomic E-state index is 0.223. The largest absolute Gasteiger partial charge is 0.335 e. The summed E-state index contributed by atoms with van der Waals surface area (Å²) in [6, 6.07) is 11.6. The Morgan fingerprint density at radius 3 is 2.84 bits per heavy atom. The Hall–Kier alpha value is -3.43. The summed E-state index contributed by atoms with van der Waals surface area (Å²) >= 11 is 1.19. The predicted octanol–water partition coefficient (Wildman–Crippen LogP) is 2.97. The molecule has 31 heavy (non-hydrogen) atoms. The van der Waals surface area contributed by atoms with E-state index in [2.05, 4.69) is 20.3 Å². The number of hydrogen-bond donors (Lipinski definition) is 2. The summed E-state index contributed by atoms with van der Waals surface area (Å²) in [4.78, 5) is 39.1. The molecule has 0 saturated carbocycles. The topological polar surface area (TPSA) is 91.0 Å². The van der Waals surface area contributed by atoms with Gasteiger partial charge in [-0.05, 0) is 18.2 Å². The van der Waals surface area contributed by atoms with Crippen molar-refractivity contribution < 1.29 is 9.18 Å². The first-order valence-corrected chi connectivity index (χ1v) is 10.7. The molecule has 1 saturated heterocycles. The molecule has 0 radical (unpaired) electrons. The number of rotatable bonds is 3. The molecule has 0 bridgehead atoms. The molecule has 0 spiro atoms. The second-order valence-electron chi connectivity index (χ2n) is 7.24. The summed E-state index contributed by atoms with van der Waals surface area (Å²) in [5, 5.41) is 4.94. The van der Waals surface area contributed by atoms with E-state index in [1.54, 1.807) is 52.9 Å². The second kappa shape index (κ2) is 8.01. The second-order valence-corrected chi connectivity index (χ2v) is 8.12. The summed E-state index contributed by atoms with van der Waals surface area (Å²) in [5.74, 6) is -0.210. The Bertz CT molecular complexity index is 1320. The fraction of sp³-hybridized carbons (Fsp3) is 0.182. The van der Waals surface area contributed by atoms with E-state index in [-0.39, 0.29) is 23.3 Å². The average molecular weight is 435 g/mol. The van der Waals surface area contributed by atoms with Crippen molar-refractivity contribution in [3.63, 3.8) is 0 Å². The highest BCUT2D eigenvalue weighted by Gasteiger charge is 2.28. The number of H-pyrrole nitrogens is 1. The van der Waals surface area contributed by atoms with Gasteiger partial charge >= 0.3 is 0 Å². The van der Waals surface area contributed by atoms with E-state index in [0.717, 1.165) is 0 Å². The fourth-order valence-electron chi connectivity index (χ4n) is 3.77. The molecule has 156 valence electrons. The maximum Gasteiger partial charge on any atom is 0.269 e. The number of carbonyl (C=O) groups is 1. The minimum atomic E-state index is -0.306. The van der Waals surface area contributed by atoms with Crippen LogP contribution >= 0.6 is 11.3 Å². The summed E-state index contributed by atoms with van der Waals surface area (Å²) in [6.07, 6.45) is 1.61. The van der Waals surface area contributed by atoms with Gasteiger partial charge in [0, 0.05) is 36.8 Å². The number of nitrogens with one attached hydrogen (secondary N) is 2. The van der Waals surface area contributed by atoms with E-state index in [9.17, 15) is 14.0 Å². The van der Waals surface area contributed by atoms with Gasteiger partial charge in [-0.1, -0.05) is 24.3 Å². The summed E-state index contributed by atoms with van der Waals surface area (Å²) < 4.78 is 14.6. The molecule has 1 unspecified atom stereocenters. The monoisotopic (exact) mass is 435 g/mol. The van der Waals surface area contributed by atoms with Gasteiger partial charge in [0.25, 0.3) is 11.5 Å². The lowest BCUT2D eigenvalue weighted by molar-refractivity contribution is 0.0703. The molecule has 3 aromatic heterocycles. The van der Waals surface area contributed by atoms with Crippen molar-refractivity contribution in [2.24, 2.45) is 0 Å². The Kier molecular flexibility index (Phi) is 5.05. The van der Waals surface area contributed by atoms with Crippen molar-refractivity contribution in [1.82, 2.24) is 25.2 Å². The first-order valence-electron chi connectivity index (χ1n) is 9.82. The molecule has 1 aliphatic rings. The van der Waals surface area contributed by atoms with E-state index in [1.165, 1.54) is 17.4 Å². The fourth-order valence-corrected chi connectivity index (χ4v) is 4.65. The lowest BCUT2D eigenvalue weighted by Gasteiger charge is -2.34. The minimum Gasteiger partial charge on any atom is -0.335 e. The number of halogens is 1. The number of piperazine rings is 1. The van der Waals surface area contributed by atoms with Crippen molar-refractivity contribution in [3.8, 4) is 11.5 Å². The van der Waals surface area contributed by atoms with Crippen LogP contribution in [-0.4, -0.2) is 45.4 Å². The van der Waals surface area contributed by atoms with Crippen LogP contribution in [-0.2, 0) is 0 Å². The van der Waals surface area contributed by atoms with E-state index < -0.39 is 0 Å². The highest BCUT2D eigenvalue weighted by atomic mass is 32.1. The number of carbonyl (C=O) groups excluding carboxylic acids is 1. The van der Waals surface area contributed by atoms with Gasteiger partial charge in [-0.2, -0.15) is 0 Å². The normalized spacial score (nSPS) is 16.5. The van der Waals surface area contributed by atoms with Gasteiger partial charge in [-0.15, -0.1) is 11.3 Å². The number of nitrogens with zero attached hydrogens (tertiary/aromatic N) is 3. The van der Waals surface area contributed by atoms with Crippen LogP contribution in [0.15, 0.2) is 58.8 Å². The van der Waals surface area contributed by atoms with Crippen molar-refractivity contribution >= 4 is 27.5 Å². The highest BCUT2D eigenvalue weighted by Crippen LogP contribution is 2.26. The maximum atomic E-state index is 14.2. The quantitative estimate of drug-likeness (QED) is 0.516. The van der Waals surface area contributed by atoms with Gasteiger partial charge in [0.15, 0.2) is 5.82 Å². The first kappa shape index (κ1) is 19.5. The van der Waals surface area contributed by atoms with Crippen molar-refractivity contribution in [2.75, 3.05) is 19.6 Å². The zero-order valence-electron chi connectivity index (χ0n) is 16.3. The highest BCUT2D eigenvalue weighted by molar-refractivity contribution is 7.17. The molecule has 1 fully saturated rings. The lowest BCUT2D eigenvalue weighted by Crippen LogP contribution is -2.48. The number of thiophene rings is 1. The molecule has 5 rings (SSSR count). The van der Waals surface area contributed by atoms with Gasteiger partial charge in [0.05, 0.1) is 11.6 Å². The van der Waals surface area contributed by atoms with Gasteiger partial charge in [-0.3, -0.25) is 14.6 Å². The number of amides is 1. The van der Waals surface area contributed by atoms with Crippen LogP contribution in [0.2, 0.25) is 0 Å². The molecule has 7 nitrogen and oxygen atoms in total. The Morgan fingerprint density at radius 2 is 2.03 bits per heavy atom. The molecule has 4 heterocycles. The number of benzene rings is 1. The van der Waals surface area contributed by atoms with Crippen molar-refractivity contribution in [1.29, 1.82) is 0 Å². The Morgan fingerprint density at radius 1 is 1.19 bits per heavy atom. The molecule has 1 amide bonds. The summed E-state index contributed by atoms with van der Waals surface area (Å²) in [5.41, 5.74) is 1.48. The molecule has 1 atom stereocenters. The van der Waals surface area contributed by atoms with Crippen LogP contribution in [0.3, 0.4) is 0 Å². The van der Waals surface area contributed by atoms with Crippen LogP contribution in [0.5, 0.6) is 0 Å². The van der Waals surface area contributed by atoms with Crippen LogP contribution in [0.1, 0.15) is 22.0 Å². The first-order chi connectivity index (χ1) is 15.1. The maximum absolute atomic E-state index is 14.2. The van der Waals surface area contributed by atoms with Gasteiger partial charge in [-0.25, -0.2) is 9.37 Å². The summed E-state index contributed by atoms with van der Waals surface area (Å²) in [6.45, 7) is 1.35. The number of hydrogen-bond acceptors (Lipinski definition) is 6. The van der Waals surface area contributed by atoms with E-state index in [4.69, 9.17) is 0 Å². The van der Waals surface area contributed by atoms with Crippen LogP contribution < -0.4 is 10.9 Å². The average Bonchev–Trinajstić information content (AvgIpc) is 3.24. The van der Waals surface area contributed by atoms with E-state index >= 15 is 0 Å². The van der Waals surface area contributed by atoms with E-state index in [1.807, 2.05) is 0 Å². The smallest absolute Gasteiger partial charge is 0.269 e. The van der Waals surface area contributed by atoms with Gasteiger partial charge in [0.1, 0.15) is 21.7 Å². The molecule has 9 heteroatoms. The molecule has 1 aliphatic heterocycles. The molecule has 1 aromatic carbocycles. The number of pyridine rings is 1. The van der Waals surface area contributed by atoms with Crippen LogP contribution in [0.25, 0.3) is 21.7 Å². The third-order valence-electron chi connectivity index (χ3n) is 5.31. The zero-order valence-corrected chi connectivity index (χ0v) is 17.2. The lowest BCUT2D eigenvalue weighted by atomic mass is 10.0. The van der Waals surface area contributed by atoms with E-state index in [0.29, 0.717) is 52.5 Å². The number of fused-ring (bicyclic) bond motifs is 1. The number of aromatic nitrogens is 3. The standard InChI is InChI=1S/C22H18FN5O2S/c23-15-6-2-1-5-13(15)17-11-28(10-9-25-17)22(30)14-12-31-19-18(14)26-20(27-21(19)29)16-7-3-4-8-24-16/h1-8,12,17,25H,9-11H2,(H,26,27,29). The number of aromatic amines is 1. The molecule has 0 aliphatic carbocycles. The molecule has 4 aromatic rings. The molecular weight excluding hydrogens is 417 g/mol. The van der Waals surface area contributed by atoms with Gasteiger partial charge < -0.3 is 15.2 Å². The third kappa shape index (κ3) is 3.62. The van der Waals surface area contributed by atoms with Crippen molar-refractivity contribution in [3.05, 3.63) is 81.3 Å². The third-order valence-corrected chi connectivity index (χ3v) is 6.28. The zero-order chi connectivity index (χ0) is 21.4. The van der Waals surface area contributed by atoms with Crippen LogP contribution in [0, 0.1) is 5.82 Å².